The summed E-state index contributed by atoms with van der Waals surface area (Å²) in [5.41, 5.74) is 6.25. The number of non-ortho nitro benzene ring substituents is 1. The first-order chi connectivity index (χ1) is 7.02. The van der Waals surface area contributed by atoms with Gasteiger partial charge in [-0.1, -0.05) is 15.9 Å². The third-order valence-electron chi connectivity index (χ3n) is 1.76. The third-order valence-corrected chi connectivity index (χ3v) is 2.39. The fraction of sp³-hybridized carbons (Fsp3) is 0.222. The fourth-order valence-electron chi connectivity index (χ4n) is 1.18. The molecule has 0 amide bonds. The van der Waals surface area contributed by atoms with Crippen molar-refractivity contribution in [1.29, 1.82) is 0 Å². The molecule has 15 heavy (non-hydrogen) atoms. The standard InChI is InChI=1S/C9H9BrN2O3/c10-5-9(13)3-6-1-7(11)4-8(2-6)12(14)15/h1-2,4H,3,5,11H2. The van der Waals surface area contributed by atoms with Gasteiger partial charge in [0.2, 0.25) is 0 Å². The highest BCUT2D eigenvalue weighted by Gasteiger charge is 2.10. The van der Waals surface area contributed by atoms with E-state index in [4.69, 9.17) is 5.73 Å². The van der Waals surface area contributed by atoms with Crippen molar-refractivity contribution in [3.05, 3.63) is 33.9 Å². The minimum Gasteiger partial charge on any atom is -0.399 e. The van der Waals surface area contributed by atoms with Crippen molar-refractivity contribution in [3.8, 4) is 0 Å². The smallest absolute Gasteiger partial charge is 0.271 e. The second kappa shape index (κ2) is 4.88. The van der Waals surface area contributed by atoms with E-state index in [0.717, 1.165) is 0 Å². The molecule has 6 heteroatoms. The zero-order chi connectivity index (χ0) is 11.4. The number of alkyl halides is 1. The Bertz CT molecular complexity index is 406. The monoisotopic (exact) mass is 272 g/mol. The number of hydrogen-bond donors (Lipinski definition) is 1. The molecule has 0 aliphatic rings. The maximum absolute atomic E-state index is 11.1. The summed E-state index contributed by atoms with van der Waals surface area (Å²) in [6.07, 6.45) is 0.150. The molecule has 0 saturated heterocycles. The molecule has 5 nitrogen and oxygen atoms in total. The number of nitrogens with two attached hydrogens (primary N) is 1. The summed E-state index contributed by atoms with van der Waals surface area (Å²) in [6, 6.07) is 4.19. The average molecular weight is 273 g/mol. The van der Waals surface area contributed by atoms with Gasteiger partial charge >= 0.3 is 0 Å². The van der Waals surface area contributed by atoms with Gasteiger partial charge in [0, 0.05) is 24.2 Å². The number of nitro benzene ring substituents is 1. The van der Waals surface area contributed by atoms with Crippen LogP contribution in [0.1, 0.15) is 5.56 Å². The normalized spacial score (nSPS) is 9.93. The van der Waals surface area contributed by atoms with Crippen LogP contribution in [0, 0.1) is 10.1 Å². The molecule has 0 heterocycles. The predicted octanol–water partition coefficient (Wildman–Crippen LogP) is 1.68. The summed E-state index contributed by atoms with van der Waals surface area (Å²) in [6.45, 7) is 0. The van der Waals surface area contributed by atoms with E-state index in [2.05, 4.69) is 15.9 Å². The lowest BCUT2D eigenvalue weighted by molar-refractivity contribution is -0.384. The van der Waals surface area contributed by atoms with Crippen LogP contribution in [0.5, 0.6) is 0 Å². The van der Waals surface area contributed by atoms with E-state index >= 15 is 0 Å². The molecular formula is C9H9BrN2O3. The lowest BCUT2D eigenvalue weighted by Gasteiger charge is -2.01. The number of halogens is 1. The number of Topliss-reactive ketones (excluding diaryl/α,β-unsaturated/α-hetero) is 1. The van der Waals surface area contributed by atoms with E-state index in [-0.39, 0.29) is 23.2 Å². The molecule has 0 unspecified atom stereocenters. The molecule has 0 atom stereocenters. The fourth-order valence-corrected chi connectivity index (χ4v) is 1.38. The topological polar surface area (TPSA) is 86.2 Å². The molecule has 0 aliphatic heterocycles. The highest BCUT2D eigenvalue weighted by atomic mass is 79.9. The van der Waals surface area contributed by atoms with E-state index in [1.807, 2.05) is 0 Å². The van der Waals surface area contributed by atoms with Crippen LogP contribution in [-0.2, 0) is 11.2 Å². The van der Waals surface area contributed by atoms with Gasteiger partial charge < -0.3 is 5.73 Å². The van der Waals surface area contributed by atoms with Crippen LogP contribution in [-0.4, -0.2) is 16.0 Å². The van der Waals surface area contributed by atoms with Crippen LogP contribution in [0.15, 0.2) is 18.2 Å². The molecule has 0 aliphatic carbocycles. The SMILES string of the molecule is Nc1cc(CC(=O)CBr)cc([N+](=O)[O-])c1. The Balaban J connectivity index is 2.98. The molecule has 0 fully saturated rings. The first-order valence-electron chi connectivity index (χ1n) is 4.14. The predicted molar refractivity (Wildman–Crippen MR) is 60.0 cm³/mol. The Hall–Kier alpha value is -1.43. The number of carbonyl (C=O) groups excluding carboxylic acids is 1. The van der Waals surface area contributed by atoms with Crippen LogP contribution in [0.2, 0.25) is 0 Å². The van der Waals surface area contributed by atoms with Gasteiger partial charge in [-0.2, -0.15) is 0 Å². The van der Waals surface area contributed by atoms with Crippen LogP contribution in [0.3, 0.4) is 0 Å². The first-order valence-corrected chi connectivity index (χ1v) is 5.26. The van der Waals surface area contributed by atoms with E-state index in [1.54, 1.807) is 6.07 Å². The van der Waals surface area contributed by atoms with Crippen LogP contribution in [0.4, 0.5) is 11.4 Å². The molecular weight excluding hydrogens is 264 g/mol. The van der Waals surface area contributed by atoms with Gasteiger partial charge in [-0.3, -0.25) is 14.9 Å². The molecule has 0 radical (unpaired) electrons. The lowest BCUT2D eigenvalue weighted by Crippen LogP contribution is -2.04. The van der Waals surface area contributed by atoms with Gasteiger partial charge in [-0.05, 0) is 11.6 Å². The van der Waals surface area contributed by atoms with Gasteiger partial charge in [0.25, 0.3) is 5.69 Å². The first kappa shape index (κ1) is 11.6. The molecule has 1 rings (SSSR count). The Morgan fingerprint density at radius 2 is 2.13 bits per heavy atom. The maximum atomic E-state index is 11.1. The summed E-state index contributed by atoms with van der Waals surface area (Å²) < 4.78 is 0. The van der Waals surface area contributed by atoms with E-state index < -0.39 is 4.92 Å². The van der Waals surface area contributed by atoms with E-state index in [0.29, 0.717) is 11.3 Å². The van der Waals surface area contributed by atoms with Crippen LogP contribution < -0.4 is 5.73 Å². The van der Waals surface area contributed by atoms with Crippen molar-refractivity contribution in [3.63, 3.8) is 0 Å². The largest absolute Gasteiger partial charge is 0.399 e. The summed E-state index contributed by atoms with van der Waals surface area (Å²) >= 11 is 3.02. The number of nitrogens with zero attached hydrogens (tertiary/aromatic N) is 1. The number of rotatable bonds is 4. The molecule has 0 aromatic heterocycles. The van der Waals surface area contributed by atoms with Gasteiger partial charge in [0.05, 0.1) is 10.3 Å². The van der Waals surface area contributed by atoms with Crippen molar-refractivity contribution in [2.45, 2.75) is 6.42 Å². The summed E-state index contributed by atoms with van der Waals surface area (Å²) in [7, 11) is 0. The lowest BCUT2D eigenvalue weighted by atomic mass is 10.1. The molecule has 0 bridgehead atoms. The van der Waals surface area contributed by atoms with Crippen molar-refractivity contribution in [2.24, 2.45) is 0 Å². The van der Waals surface area contributed by atoms with Gasteiger partial charge in [-0.15, -0.1) is 0 Å². The van der Waals surface area contributed by atoms with Crippen LogP contribution >= 0.6 is 15.9 Å². The number of carbonyl (C=O) groups is 1. The van der Waals surface area contributed by atoms with Gasteiger partial charge in [0.1, 0.15) is 5.78 Å². The maximum Gasteiger partial charge on any atom is 0.271 e. The Kier molecular flexibility index (Phi) is 3.79. The van der Waals surface area contributed by atoms with Crippen molar-refractivity contribution in [1.82, 2.24) is 0 Å². The zero-order valence-corrected chi connectivity index (χ0v) is 9.36. The minimum absolute atomic E-state index is 0.0464. The highest BCUT2D eigenvalue weighted by Crippen LogP contribution is 2.19. The number of nitro groups is 1. The number of ketones is 1. The van der Waals surface area contributed by atoms with Crippen molar-refractivity contribution in [2.75, 3.05) is 11.1 Å². The Morgan fingerprint density at radius 3 is 2.67 bits per heavy atom. The number of nitrogen functional groups attached to an aromatic ring is 1. The second-order valence-electron chi connectivity index (χ2n) is 3.04. The average Bonchev–Trinajstić information content (AvgIpc) is 2.16. The summed E-state index contributed by atoms with van der Waals surface area (Å²) in [5.74, 6) is -0.0464. The van der Waals surface area contributed by atoms with E-state index in [9.17, 15) is 14.9 Å². The molecule has 0 saturated carbocycles. The summed E-state index contributed by atoms with van der Waals surface area (Å²) in [5, 5.41) is 10.7. The van der Waals surface area contributed by atoms with Crippen molar-refractivity contribution >= 4 is 33.1 Å². The van der Waals surface area contributed by atoms with Gasteiger partial charge in [0.15, 0.2) is 0 Å². The van der Waals surface area contributed by atoms with Crippen molar-refractivity contribution < 1.29 is 9.72 Å². The minimum atomic E-state index is -0.529. The highest BCUT2D eigenvalue weighted by molar-refractivity contribution is 9.09. The molecule has 1 aromatic carbocycles. The number of benzene rings is 1. The Labute approximate surface area is 94.5 Å². The molecule has 1 aromatic rings. The van der Waals surface area contributed by atoms with Gasteiger partial charge in [-0.25, -0.2) is 0 Å². The van der Waals surface area contributed by atoms with E-state index in [1.165, 1.54) is 12.1 Å². The molecule has 0 spiro atoms. The molecule has 2 N–H and O–H groups in total. The second-order valence-corrected chi connectivity index (χ2v) is 3.60. The van der Waals surface area contributed by atoms with Crippen LogP contribution in [0.25, 0.3) is 0 Å². The molecule has 80 valence electrons. The Morgan fingerprint density at radius 1 is 1.47 bits per heavy atom. The zero-order valence-electron chi connectivity index (χ0n) is 7.77. The summed E-state index contributed by atoms with van der Waals surface area (Å²) in [4.78, 5) is 21.1. The third kappa shape index (κ3) is 3.32. The quantitative estimate of drug-likeness (QED) is 0.391. The number of anilines is 1. The number of hydrogen-bond acceptors (Lipinski definition) is 4.